The molecule has 1 atom stereocenters. The van der Waals surface area contributed by atoms with E-state index in [2.05, 4.69) is 6.92 Å². The average Bonchev–Trinajstić information content (AvgIpc) is 2.44. The lowest BCUT2D eigenvalue weighted by molar-refractivity contribution is 0.154. The molecule has 0 saturated heterocycles. The van der Waals surface area contributed by atoms with Crippen LogP contribution >= 0.6 is 0 Å². The zero-order chi connectivity index (χ0) is 14.5. The van der Waals surface area contributed by atoms with Crippen LogP contribution < -0.4 is 5.56 Å². The summed E-state index contributed by atoms with van der Waals surface area (Å²) in [5.41, 5.74) is 2.90. The molecule has 1 aromatic heterocycles. The van der Waals surface area contributed by atoms with Gasteiger partial charge in [0.1, 0.15) is 0 Å². The lowest BCUT2D eigenvalue weighted by Crippen LogP contribution is -2.24. The largest absolute Gasteiger partial charge is 0.387 e. The Morgan fingerprint density at radius 3 is 2.45 bits per heavy atom. The van der Waals surface area contributed by atoms with Gasteiger partial charge in [0.05, 0.1) is 12.6 Å². The zero-order valence-corrected chi connectivity index (χ0v) is 12.0. The summed E-state index contributed by atoms with van der Waals surface area (Å²) in [5.74, 6) is 0. The first kappa shape index (κ1) is 14.5. The van der Waals surface area contributed by atoms with Gasteiger partial charge in [0, 0.05) is 11.8 Å². The molecule has 1 N–H and O–H groups in total. The van der Waals surface area contributed by atoms with Crippen LogP contribution in [0.3, 0.4) is 0 Å². The van der Waals surface area contributed by atoms with Crippen LogP contribution in [0.4, 0.5) is 0 Å². The molecule has 2 rings (SSSR count). The van der Waals surface area contributed by atoms with E-state index in [1.54, 1.807) is 10.6 Å². The number of hydrogen-bond donors (Lipinski definition) is 1. The van der Waals surface area contributed by atoms with E-state index in [-0.39, 0.29) is 5.56 Å². The first-order valence-corrected chi connectivity index (χ1v) is 7.05. The summed E-state index contributed by atoms with van der Waals surface area (Å²) < 4.78 is 1.60. The van der Waals surface area contributed by atoms with E-state index >= 15 is 0 Å². The normalized spacial score (nSPS) is 12.3. The fraction of sp³-hybridized carbons (Fsp3) is 0.353. The van der Waals surface area contributed by atoms with Crippen molar-refractivity contribution in [1.82, 2.24) is 4.57 Å². The van der Waals surface area contributed by atoms with E-state index in [0.717, 1.165) is 24.1 Å². The molecule has 1 heterocycles. The van der Waals surface area contributed by atoms with E-state index in [4.69, 9.17) is 0 Å². The molecule has 1 aromatic carbocycles. The highest BCUT2D eigenvalue weighted by Crippen LogP contribution is 2.16. The first-order valence-electron chi connectivity index (χ1n) is 7.05. The maximum Gasteiger partial charge on any atom is 0.250 e. The third-order valence-corrected chi connectivity index (χ3v) is 3.53. The molecule has 0 spiro atoms. The first-order chi connectivity index (χ1) is 9.61. The monoisotopic (exact) mass is 271 g/mol. The summed E-state index contributed by atoms with van der Waals surface area (Å²) in [6.07, 6.45) is 1.50. The van der Waals surface area contributed by atoms with Gasteiger partial charge in [0.2, 0.25) is 0 Å². The molecule has 3 heteroatoms. The molecule has 0 bridgehead atoms. The Labute approximate surface area is 119 Å². The van der Waals surface area contributed by atoms with Crippen LogP contribution in [0.15, 0.2) is 47.3 Å². The quantitative estimate of drug-likeness (QED) is 0.908. The molecule has 106 valence electrons. The molecule has 3 nitrogen and oxygen atoms in total. The van der Waals surface area contributed by atoms with Gasteiger partial charge in [-0.3, -0.25) is 4.79 Å². The van der Waals surface area contributed by atoms with Gasteiger partial charge in [0.25, 0.3) is 5.56 Å². The maximum atomic E-state index is 11.8. The van der Waals surface area contributed by atoms with E-state index < -0.39 is 6.10 Å². The Kier molecular flexibility index (Phi) is 4.74. The van der Waals surface area contributed by atoms with Crippen molar-refractivity contribution in [3.8, 4) is 0 Å². The summed E-state index contributed by atoms with van der Waals surface area (Å²) in [6.45, 7) is 4.31. The van der Waals surface area contributed by atoms with Crippen molar-refractivity contribution in [2.75, 3.05) is 0 Å². The highest BCUT2D eigenvalue weighted by Gasteiger charge is 2.10. The molecule has 0 aliphatic rings. The standard InChI is InChI=1S/C17H21NO2/c1-3-5-14-8-10-15(11-9-14)16(19)12-18-13(2)6-4-7-17(18)20/h4,6-11,16,19H,3,5,12H2,1-2H3. The summed E-state index contributed by atoms with van der Waals surface area (Å²) in [7, 11) is 0. The Morgan fingerprint density at radius 1 is 1.15 bits per heavy atom. The topological polar surface area (TPSA) is 42.2 Å². The molecule has 0 aliphatic heterocycles. The summed E-state index contributed by atoms with van der Waals surface area (Å²) in [5, 5.41) is 10.3. The third-order valence-electron chi connectivity index (χ3n) is 3.53. The van der Waals surface area contributed by atoms with Crippen LogP contribution in [0.25, 0.3) is 0 Å². The number of benzene rings is 1. The average molecular weight is 271 g/mol. The van der Waals surface area contributed by atoms with Crippen molar-refractivity contribution in [1.29, 1.82) is 0 Å². The van der Waals surface area contributed by atoms with Crippen LogP contribution in [0, 0.1) is 6.92 Å². The SMILES string of the molecule is CCCc1ccc(C(O)Cn2c(C)cccc2=O)cc1. The second kappa shape index (κ2) is 6.53. The lowest BCUT2D eigenvalue weighted by Gasteiger charge is -2.15. The minimum atomic E-state index is -0.663. The smallest absolute Gasteiger partial charge is 0.250 e. The number of aryl methyl sites for hydroxylation is 2. The second-order valence-corrected chi connectivity index (χ2v) is 5.12. The Hall–Kier alpha value is -1.87. The number of nitrogens with zero attached hydrogens (tertiary/aromatic N) is 1. The Bertz CT molecular complexity index is 614. The molecule has 2 aromatic rings. The molecule has 0 aliphatic carbocycles. The van der Waals surface area contributed by atoms with Crippen molar-refractivity contribution in [3.05, 3.63) is 69.6 Å². The van der Waals surface area contributed by atoms with Crippen LogP contribution in [-0.2, 0) is 13.0 Å². The fourth-order valence-corrected chi connectivity index (χ4v) is 2.33. The second-order valence-electron chi connectivity index (χ2n) is 5.12. The summed E-state index contributed by atoms with van der Waals surface area (Å²) >= 11 is 0. The summed E-state index contributed by atoms with van der Waals surface area (Å²) in [6, 6.07) is 13.1. The third kappa shape index (κ3) is 3.36. The van der Waals surface area contributed by atoms with Crippen molar-refractivity contribution in [2.24, 2.45) is 0 Å². The summed E-state index contributed by atoms with van der Waals surface area (Å²) in [4.78, 5) is 11.8. The number of rotatable bonds is 5. The molecular weight excluding hydrogens is 250 g/mol. The van der Waals surface area contributed by atoms with Gasteiger partial charge in [-0.15, -0.1) is 0 Å². The van der Waals surface area contributed by atoms with E-state index in [1.165, 1.54) is 11.6 Å². The number of aromatic nitrogens is 1. The molecule has 0 radical (unpaired) electrons. The van der Waals surface area contributed by atoms with E-state index in [9.17, 15) is 9.90 Å². The van der Waals surface area contributed by atoms with Crippen molar-refractivity contribution in [2.45, 2.75) is 39.3 Å². The molecule has 0 fully saturated rings. The van der Waals surface area contributed by atoms with Gasteiger partial charge in [-0.1, -0.05) is 43.7 Å². The number of aliphatic hydroxyl groups excluding tert-OH is 1. The minimum Gasteiger partial charge on any atom is -0.387 e. The van der Waals surface area contributed by atoms with Gasteiger partial charge in [-0.05, 0) is 30.5 Å². The van der Waals surface area contributed by atoms with E-state index in [0.29, 0.717) is 6.54 Å². The molecular formula is C17H21NO2. The Balaban J connectivity index is 2.15. The van der Waals surface area contributed by atoms with Gasteiger partial charge in [-0.25, -0.2) is 0 Å². The van der Waals surface area contributed by atoms with E-state index in [1.807, 2.05) is 37.3 Å². The van der Waals surface area contributed by atoms with Gasteiger partial charge in [0.15, 0.2) is 0 Å². The predicted molar refractivity (Wildman–Crippen MR) is 80.8 cm³/mol. The van der Waals surface area contributed by atoms with Crippen LogP contribution in [-0.4, -0.2) is 9.67 Å². The lowest BCUT2D eigenvalue weighted by atomic mass is 10.0. The van der Waals surface area contributed by atoms with Crippen molar-refractivity contribution < 1.29 is 5.11 Å². The minimum absolute atomic E-state index is 0.0772. The molecule has 20 heavy (non-hydrogen) atoms. The number of hydrogen-bond acceptors (Lipinski definition) is 2. The van der Waals surface area contributed by atoms with Crippen LogP contribution in [0.1, 0.15) is 36.3 Å². The predicted octanol–water partition coefficient (Wildman–Crippen LogP) is 2.84. The number of pyridine rings is 1. The van der Waals surface area contributed by atoms with Gasteiger partial charge < -0.3 is 9.67 Å². The van der Waals surface area contributed by atoms with Crippen LogP contribution in [0.5, 0.6) is 0 Å². The van der Waals surface area contributed by atoms with Gasteiger partial charge >= 0.3 is 0 Å². The molecule has 0 saturated carbocycles. The highest BCUT2D eigenvalue weighted by atomic mass is 16.3. The zero-order valence-electron chi connectivity index (χ0n) is 12.0. The maximum absolute atomic E-state index is 11.8. The Morgan fingerprint density at radius 2 is 1.85 bits per heavy atom. The molecule has 1 unspecified atom stereocenters. The fourth-order valence-electron chi connectivity index (χ4n) is 2.33. The highest BCUT2D eigenvalue weighted by molar-refractivity contribution is 5.24. The van der Waals surface area contributed by atoms with Crippen LogP contribution in [0.2, 0.25) is 0 Å². The molecule has 0 amide bonds. The van der Waals surface area contributed by atoms with Gasteiger partial charge in [-0.2, -0.15) is 0 Å². The van der Waals surface area contributed by atoms with Crippen molar-refractivity contribution >= 4 is 0 Å². The number of aliphatic hydroxyl groups is 1. The van der Waals surface area contributed by atoms with Crippen molar-refractivity contribution in [3.63, 3.8) is 0 Å².